The zero-order valence-electron chi connectivity index (χ0n) is 76.9. The number of carbonyl (C=O) groups is 7. The number of carbonyl (C=O) groups excluding carboxylic acids is 6. The van der Waals surface area contributed by atoms with Crippen molar-refractivity contribution in [3.8, 4) is 80.1 Å². The molecule has 0 aromatic heterocycles. The number of fused-ring (bicyclic) bond motifs is 14. The topological polar surface area (TPSA) is 827 Å². The molecule has 0 radical (unpaired) electrons. The lowest BCUT2D eigenvalue weighted by molar-refractivity contribution is -0.377. The molecule has 0 unspecified atom stereocenters. The van der Waals surface area contributed by atoms with E-state index in [1.807, 2.05) is 0 Å². The van der Waals surface area contributed by atoms with Gasteiger partial charge in [-0.1, -0.05) is 36.4 Å². The van der Waals surface area contributed by atoms with Crippen molar-refractivity contribution in [1.82, 2.24) is 31.9 Å². The average molecular weight is 2050 g/mol. The lowest BCUT2D eigenvalue weighted by atomic mass is 9.89. The van der Waals surface area contributed by atoms with Crippen LogP contribution in [0.5, 0.6) is 69.0 Å². The summed E-state index contributed by atoms with van der Waals surface area (Å²) in [4.78, 5) is 112. The van der Waals surface area contributed by atoms with E-state index >= 15 is 24.0 Å². The van der Waals surface area contributed by atoms with E-state index in [9.17, 15) is 122 Å². The maximum atomic E-state index is 17.2. The van der Waals surface area contributed by atoms with Crippen LogP contribution in [-0.4, -0.2) is 364 Å². The van der Waals surface area contributed by atoms with E-state index in [0.29, 0.717) is 0 Å². The highest BCUT2D eigenvalue weighted by Gasteiger charge is 2.58. The molecule has 32 N–H and O–H groups in total. The van der Waals surface area contributed by atoms with Gasteiger partial charge in [0.25, 0.3) is 0 Å². The van der Waals surface area contributed by atoms with E-state index in [2.05, 4.69) is 31.9 Å². The first-order valence-electron chi connectivity index (χ1n) is 46.0. The van der Waals surface area contributed by atoms with Crippen LogP contribution >= 0.6 is 0 Å². The van der Waals surface area contributed by atoms with Crippen molar-refractivity contribution in [1.29, 1.82) is 0 Å². The second kappa shape index (κ2) is 43.0. The Kier molecular flexibility index (Phi) is 31.0. The molecule has 146 heavy (non-hydrogen) atoms. The molecule has 6 fully saturated rings. The Morgan fingerprint density at radius 1 is 0.404 bits per heavy atom. The molecule has 788 valence electrons. The predicted molar refractivity (Wildman–Crippen MR) is 479 cm³/mol. The summed E-state index contributed by atoms with van der Waals surface area (Å²) in [6.45, 7) is -0.116. The summed E-state index contributed by atoms with van der Waals surface area (Å²) in [5.41, 5.74) is 8.78. The molecular weight excluding hydrogens is 1950 g/mol. The predicted octanol–water partition coefficient (Wildman–Crippen LogP) is -6.59. The monoisotopic (exact) mass is 2050 g/mol. The number of rotatable bonds is 17. The molecule has 7 aromatic carbocycles. The Hall–Kier alpha value is -12.1. The summed E-state index contributed by atoms with van der Waals surface area (Å²) in [6.07, 6.45) is -58.5. The van der Waals surface area contributed by atoms with E-state index in [-0.39, 0.29) is 33.8 Å². The number of hydrogen-bond acceptors (Lipinski definition) is 45. The fraction of sp³-hybridized carbons (Fsp3) is 0.479. The van der Waals surface area contributed by atoms with Gasteiger partial charge in [0.2, 0.25) is 53.8 Å². The first kappa shape index (κ1) is 105. The SMILES string of the molecule is Cc1c(O)cc2cc1Oc1cc(ccc1O)[C@@H](N)C(=O)N[C@H]1C(=O)N[C@@H]2C(=O)N[C@H]2C(=O)N[C@H]3C(=O)N[C@H](C(=O)N[C@@H](C(=O)O)c4cc(O)cc(O[C@H]5O[C@H](CO)[C@@H](O)[C@H](O)[C@@H]5O)c4-c4cc3ccc4O)[C@H](O[C@H]3C[C@@H](N)[C@@H](O)[C@H](C)O3)c3ccc(cc3)Oc3cc2cc(c3O[C@H]2O[C@@H](CO[C@H]3O[C@H](C)[C@@H](O)[C@H](O)[C@@H]3O)[C@H](O)[C@@H](O)[C@@H]2O[C@H]2O[C@H](CO)[C@@H](O)[C@H](O)[C@@H]2O[C@H]2O[C@H](CO)[C@@H](O)[C@@H]2O)Oc2ccc(cc2)[C@H]1O. The molecular formula is C94H108N8O44. The number of nitrogens with two attached hydrogens (primary N) is 2. The molecule has 52 heteroatoms. The third-order valence-corrected chi connectivity index (χ3v) is 27.0. The van der Waals surface area contributed by atoms with E-state index < -0.39 is 392 Å². The number of carboxylic acids is 1. The quantitative estimate of drug-likeness (QED) is 0.0403. The number of hydrogen-bond donors (Lipinski definition) is 30. The van der Waals surface area contributed by atoms with E-state index in [1.165, 1.54) is 39.0 Å². The molecule has 6 saturated heterocycles. The molecule has 12 aliphatic rings. The van der Waals surface area contributed by atoms with Crippen LogP contribution in [0, 0.1) is 6.92 Å². The van der Waals surface area contributed by atoms with Crippen molar-refractivity contribution in [3.63, 3.8) is 0 Å². The minimum atomic E-state index is -2.62. The van der Waals surface area contributed by atoms with Crippen LogP contribution < -0.4 is 67.1 Å². The highest BCUT2D eigenvalue weighted by atomic mass is 16.8. The van der Waals surface area contributed by atoms with Gasteiger partial charge in [-0.05, 0) is 133 Å². The highest BCUT2D eigenvalue weighted by molar-refractivity contribution is 6.00. The molecule has 0 aliphatic carbocycles. The maximum absolute atomic E-state index is 17.2. The smallest absolute Gasteiger partial charge is 0.330 e. The summed E-state index contributed by atoms with van der Waals surface area (Å²) < 4.78 is 94.2. The van der Waals surface area contributed by atoms with Crippen LogP contribution in [0.1, 0.15) is 107 Å². The Morgan fingerprint density at radius 2 is 0.890 bits per heavy atom. The Bertz CT molecular complexity index is 5990. The van der Waals surface area contributed by atoms with Crippen LogP contribution in [0.4, 0.5) is 0 Å². The third-order valence-electron chi connectivity index (χ3n) is 27.0. The largest absolute Gasteiger partial charge is 0.508 e. The first-order valence-corrected chi connectivity index (χ1v) is 46.0. The Balaban J connectivity index is 0.905. The van der Waals surface area contributed by atoms with Crippen LogP contribution in [0.25, 0.3) is 11.1 Å². The maximum Gasteiger partial charge on any atom is 0.330 e. The van der Waals surface area contributed by atoms with Crippen molar-refractivity contribution in [2.75, 3.05) is 26.4 Å². The van der Waals surface area contributed by atoms with Gasteiger partial charge in [-0.3, -0.25) is 28.8 Å². The number of aliphatic hydroxyl groups is 17. The van der Waals surface area contributed by atoms with Gasteiger partial charge in [0.15, 0.2) is 60.3 Å². The summed E-state index contributed by atoms with van der Waals surface area (Å²) in [7, 11) is 0. The van der Waals surface area contributed by atoms with Crippen molar-refractivity contribution in [2.45, 2.75) is 254 Å². The van der Waals surface area contributed by atoms with Crippen LogP contribution in [0.3, 0.4) is 0 Å². The van der Waals surface area contributed by atoms with Gasteiger partial charge in [-0.25, -0.2) is 4.79 Å². The molecule has 19 rings (SSSR count). The van der Waals surface area contributed by atoms with E-state index in [1.54, 1.807) is 0 Å². The zero-order valence-corrected chi connectivity index (χ0v) is 76.9. The number of amides is 6. The van der Waals surface area contributed by atoms with Crippen molar-refractivity contribution in [2.24, 2.45) is 11.5 Å². The molecule has 7 aromatic rings. The molecule has 17 bridgehead atoms. The van der Waals surface area contributed by atoms with Gasteiger partial charge in [-0.15, -0.1) is 0 Å². The summed E-state index contributed by atoms with van der Waals surface area (Å²) in [6, 6.07) is 3.38. The lowest BCUT2D eigenvalue weighted by Gasteiger charge is -2.47. The number of aromatic hydroxyl groups is 4. The van der Waals surface area contributed by atoms with Crippen molar-refractivity contribution >= 4 is 41.4 Å². The summed E-state index contributed by atoms with van der Waals surface area (Å²) in [5, 5.41) is 267. The second-order valence-corrected chi connectivity index (χ2v) is 36.7. The average Bonchev–Trinajstić information content (AvgIpc) is 0.849. The second-order valence-electron chi connectivity index (χ2n) is 36.7. The normalized spacial score (nSPS) is 36.3. The van der Waals surface area contributed by atoms with Crippen molar-refractivity contribution in [3.05, 3.63) is 166 Å². The fourth-order valence-corrected chi connectivity index (χ4v) is 18.6. The molecule has 52 nitrogen and oxygen atoms in total. The third kappa shape index (κ3) is 20.9. The summed E-state index contributed by atoms with van der Waals surface area (Å²) in [5.74, 6) is -18.8. The molecule has 6 amide bonds. The van der Waals surface area contributed by atoms with Crippen LogP contribution in [-0.2, 0) is 80.9 Å². The zero-order chi connectivity index (χ0) is 105. The van der Waals surface area contributed by atoms with E-state index in [4.69, 9.17) is 82.5 Å². The molecule has 0 spiro atoms. The minimum Gasteiger partial charge on any atom is -0.508 e. The Morgan fingerprint density at radius 3 is 1.52 bits per heavy atom. The van der Waals surface area contributed by atoms with Gasteiger partial charge >= 0.3 is 5.97 Å². The van der Waals surface area contributed by atoms with Crippen LogP contribution in [0.15, 0.2) is 121 Å². The fourth-order valence-electron chi connectivity index (χ4n) is 18.6. The van der Waals surface area contributed by atoms with Crippen LogP contribution in [0.2, 0.25) is 0 Å². The first-order chi connectivity index (χ1) is 69.5. The number of carboxylic acid groups (broad SMARTS) is 1. The Labute approximate surface area is 824 Å². The highest BCUT2D eigenvalue weighted by Crippen LogP contribution is 2.51. The van der Waals surface area contributed by atoms with Gasteiger partial charge in [0.1, 0.15) is 192 Å². The molecule has 37 atom stereocenters. The van der Waals surface area contributed by atoms with Gasteiger partial charge < -0.3 is 227 Å². The molecule has 12 aliphatic heterocycles. The van der Waals surface area contributed by atoms with Gasteiger partial charge in [0.05, 0.1) is 44.7 Å². The number of nitrogens with one attached hydrogen (secondary N) is 6. The molecule has 0 saturated carbocycles. The number of aliphatic hydroxyl groups excluding tert-OH is 17. The summed E-state index contributed by atoms with van der Waals surface area (Å²) >= 11 is 0. The number of benzene rings is 7. The number of phenolic OH excluding ortho intramolecular Hbond substituents is 4. The number of ether oxygens (including phenoxy) is 15. The minimum absolute atomic E-state index is 0.0718. The molecule has 12 heterocycles. The number of phenols is 4. The standard InChI is InChI=1S/C94H108N8O44/c1-29-46(109)17-36-19-47(29)137-48-18-34(8-15-45(48)108)58(96)83(124)101-63-67(112)32-4-10-39(11-5-32)135-50-20-37-21-51(80(50)144-94-82(75(120)71(116)55(142-94)28-132-90-77(122)72(117)66(111)31(3)134-90)146-93-81(74(119)69(114)53(26-104)141-93)145-92-76(121)70(115)54(27-105)140-92)136-40-12-6-33(7-13-40)79(143-56-24-43(95)65(110)30(2)133-56)64-88(129)100-62(89(130)131)42-22-38(106)23-49(138-91-78(123)73(118)68(113)52(25-103)139-91)57(42)41-16-35(9-14-44(41)107)59(84(125)102-64)97-86(127)61(37)98-85(126)60(36)99-87(63)128/h4-23,30-31,43,52-56,58-79,81-82,90-94,103-123H,24-28,95-96H2,1-3H3,(H,97,127)(H,98,126)(H,99,128)(H,100,129)(H,101,124)(H,102,125)(H,130,131)/t30-,31+,43+,52+,53+,54+,55-,56-,58+,59+,60-,61+,62+,63+,64-,65-,66+,67+,68+,69+,70+,71-,72-,73-,74-,75+,76-,77-,78-,79+,81-,82-,90-,91-,92+,93+,94+/m0/s1. The van der Waals surface area contributed by atoms with Crippen molar-refractivity contribution < 1.29 is 217 Å². The number of aliphatic carboxylic acids is 1. The lowest BCUT2D eigenvalue weighted by Crippen LogP contribution is -2.66. The van der Waals surface area contributed by atoms with E-state index in [0.717, 1.165) is 103 Å². The van der Waals surface area contributed by atoms with Gasteiger partial charge in [-0.2, -0.15) is 0 Å². The van der Waals surface area contributed by atoms with Gasteiger partial charge in [0, 0.05) is 40.8 Å².